The summed E-state index contributed by atoms with van der Waals surface area (Å²) in [6.45, 7) is 1.43. The molecule has 1 saturated heterocycles. The maximum atomic E-state index is 11.9. The number of carbonyl (C=O) groups excluding carboxylic acids is 1. The molecule has 1 heterocycles. The molecule has 0 spiro atoms. The van der Waals surface area contributed by atoms with Crippen LogP contribution < -0.4 is 15.8 Å². The van der Waals surface area contributed by atoms with Gasteiger partial charge in [-0.3, -0.25) is 4.79 Å². The Balaban J connectivity index is 1.79. The molecule has 0 bridgehead atoms. The summed E-state index contributed by atoms with van der Waals surface area (Å²) in [5.74, 6) is 0.0378. The standard InChI is InChI=1S/C14H21N3O3S/c15-21(19,20)12-6-4-11(5-7-12)8-10-17-14(18)13-3-1-2-9-16-13/h4-7,13,16H,1-3,8-10H2,(H,17,18)(H2,15,19,20)/t13-/m0/s1. The number of piperidine rings is 1. The minimum absolute atomic E-state index is 0.0378. The number of hydrogen-bond donors (Lipinski definition) is 3. The Labute approximate surface area is 125 Å². The van der Waals surface area contributed by atoms with Gasteiger partial charge in [0, 0.05) is 6.54 Å². The van der Waals surface area contributed by atoms with Gasteiger partial charge in [-0.1, -0.05) is 18.6 Å². The maximum Gasteiger partial charge on any atom is 0.238 e. The van der Waals surface area contributed by atoms with E-state index in [2.05, 4.69) is 10.6 Å². The van der Waals surface area contributed by atoms with Crippen LogP contribution in [0.15, 0.2) is 29.2 Å². The van der Waals surface area contributed by atoms with Gasteiger partial charge in [0.2, 0.25) is 15.9 Å². The van der Waals surface area contributed by atoms with Crippen molar-refractivity contribution >= 4 is 15.9 Å². The van der Waals surface area contributed by atoms with E-state index in [0.717, 1.165) is 31.4 Å². The zero-order valence-corrected chi connectivity index (χ0v) is 12.7. The molecule has 1 aliphatic rings. The molecule has 0 unspecified atom stereocenters. The Morgan fingerprint density at radius 3 is 2.57 bits per heavy atom. The van der Waals surface area contributed by atoms with Crippen molar-refractivity contribution in [1.82, 2.24) is 10.6 Å². The molecule has 6 nitrogen and oxygen atoms in total. The molecule has 21 heavy (non-hydrogen) atoms. The lowest BCUT2D eigenvalue weighted by molar-refractivity contribution is -0.123. The Kier molecular flexibility index (Phi) is 5.33. The summed E-state index contributed by atoms with van der Waals surface area (Å²) in [5, 5.41) is 11.1. The number of nitrogens with one attached hydrogen (secondary N) is 2. The highest BCUT2D eigenvalue weighted by atomic mass is 32.2. The third kappa shape index (κ3) is 4.80. The lowest BCUT2D eigenvalue weighted by Gasteiger charge is -2.22. The highest BCUT2D eigenvalue weighted by Gasteiger charge is 2.19. The molecular weight excluding hydrogens is 290 g/mol. The number of sulfonamides is 1. The number of primary sulfonamides is 1. The highest BCUT2D eigenvalue weighted by Crippen LogP contribution is 2.09. The van der Waals surface area contributed by atoms with Crippen LogP contribution in [0.1, 0.15) is 24.8 Å². The lowest BCUT2D eigenvalue weighted by atomic mass is 10.0. The van der Waals surface area contributed by atoms with Gasteiger partial charge in [-0.2, -0.15) is 0 Å². The van der Waals surface area contributed by atoms with Gasteiger partial charge >= 0.3 is 0 Å². The first-order chi connectivity index (χ1) is 9.97. The molecule has 0 radical (unpaired) electrons. The molecule has 116 valence electrons. The van der Waals surface area contributed by atoms with Crippen LogP contribution >= 0.6 is 0 Å². The van der Waals surface area contributed by atoms with Gasteiger partial charge in [0.15, 0.2) is 0 Å². The summed E-state index contributed by atoms with van der Waals surface area (Å²) in [6, 6.07) is 6.31. The smallest absolute Gasteiger partial charge is 0.238 e. The molecule has 0 aliphatic carbocycles. The van der Waals surface area contributed by atoms with E-state index < -0.39 is 10.0 Å². The van der Waals surface area contributed by atoms with E-state index in [0.29, 0.717) is 13.0 Å². The fourth-order valence-corrected chi connectivity index (χ4v) is 2.89. The van der Waals surface area contributed by atoms with Gasteiger partial charge in [-0.25, -0.2) is 13.6 Å². The van der Waals surface area contributed by atoms with Gasteiger partial charge in [-0.05, 0) is 43.5 Å². The van der Waals surface area contributed by atoms with Crippen molar-refractivity contribution < 1.29 is 13.2 Å². The van der Waals surface area contributed by atoms with Crippen LogP contribution in [-0.4, -0.2) is 33.5 Å². The van der Waals surface area contributed by atoms with Gasteiger partial charge < -0.3 is 10.6 Å². The fraction of sp³-hybridized carbons (Fsp3) is 0.500. The molecule has 1 aromatic carbocycles. The van der Waals surface area contributed by atoms with E-state index >= 15 is 0 Å². The van der Waals surface area contributed by atoms with Crippen LogP contribution in [0.5, 0.6) is 0 Å². The Morgan fingerprint density at radius 2 is 2.00 bits per heavy atom. The van der Waals surface area contributed by atoms with Crippen molar-refractivity contribution in [2.45, 2.75) is 36.6 Å². The summed E-state index contributed by atoms with van der Waals surface area (Å²) in [7, 11) is -3.65. The minimum Gasteiger partial charge on any atom is -0.354 e. The Bertz CT molecular complexity index is 578. The van der Waals surface area contributed by atoms with Crippen LogP contribution in [0.2, 0.25) is 0 Å². The molecule has 1 amide bonds. The van der Waals surface area contributed by atoms with Crippen LogP contribution in [-0.2, 0) is 21.2 Å². The van der Waals surface area contributed by atoms with Crippen molar-refractivity contribution in [2.24, 2.45) is 5.14 Å². The van der Waals surface area contributed by atoms with Crippen molar-refractivity contribution in [2.75, 3.05) is 13.1 Å². The van der Waals surface area contributed by atoms with E-state index in [-0.39, 0.29) is 16.8 Å². The van der Waals surface area contributed by atoms with Gasteiger partial charge in [0.1, 0.15) is 0 Å². The second-order valence-corrected chi connectivity index (χ2v) is 6.79. The molecular formula is C14H21N3O3S. The fourth-order valence-electron chi connectivity index (χ4n) is 2.37. The number of amides is 1. The van der Waals surface area contributed by atoms with Gasteiger partial charge in [-0.15, -0.1) is 0 Å². The third-order valence-electron chi connectivity index (χ3n) is 3.59. The molecule has 4 N–H and O–H groups in total. The number of nitrogens with two attached hydrogens (primary N) is 1. The number of carbonyl (C=O) groups is 1. The third-order valence-corrected chi connectivity index (χ3v) is 4.52. The van der Waals surface area contributed by atoms with E-state index in [1.54, 1.807) is 12.1 Å². The van der Waals surface area contributed by atoms with E-state index in [4.69, 9.17) is 5.14 Å². The summed E-state index contributed by atoms with van der Waals surface area (Å²) >= 11 is 0. The van der Waals surface area contributed by atoms with E-state index in [1.807, 2.05) is 0 Å². The predicted octanol–water partition coefficient (Wildman–Crippen LogP) is 0.135. The second kappa shape index (κ2) is 7.02. The van der Waals surface area contributed by atoms with Crippen LogP contribution in [0, 0.1) is 0 Å². The molecule has 0 aromatic heterocycles. The molecule has 1 fully saturated rings. The Morgan fingerprint density at radius 1 is 1.29 bits per heavy atom. The van der Waals surface area contributed by atoms with Gasteiger partial charge in [0.25, 0.3) is 0 Å². The SMILES string of the molecule is NS(=O)(=O)c1ccc(CCNC(=O)[C@@H]2CCCCN2)cc1. The molecule has 0 saturated carbocycles. The van der Waals surface area contributed by atoms with E-state index in [9.17, 15) is 13.2 Å². The predicted molar refractivity (Wildman–Crippen MR) is 80.2 cm³/mol. The van der Waals surface area contributed by atoms with Crippen LogP contribution in [0.4, 0.5) is 0 Å². The quantitative estimate of drug-likeness (QED) is 0.719. The topological polar surface area (TPSA) is 101 Å². The van der Waals surface area contributed by atoms with Gasteiger partial charge in [0.05, 0.1) is 10.9 Å². The summed E-state index contributed by atoms with van der Waals surface area (Å²) < 4.78 is 22.3. The minimum atomic E-state index is -3.65. The van der Waals surface area contributed by atoms with E-state index in [1.165, 1.54) is 12.1 Å². The zero-order valence-electron chi connectivity index (χ0n) is 11.8. The summed E-state index contributed by atoms with van der Waals surface area (Å²) in [4.78, 5) is 12.0. The van der Waals surface area contributed by atoms with Crippen LogP contribution in [0.3, 0.4) is 0 Å². The number of rotatable bonds is 5. The average Bonchev–Trinajstić information content (AvgIpc) is 2.47. The molecule has 2 rings (SSSR count). The first kappa shape index (κ1) is 15.9. The van der Waals surface area contributed by atoms with Crippen molar-refractivity contribution in [1.29, 1.82) is 0 Å². The largest absolute Gasteiger partial charge is 0.354 e. The van der Waals surface area contributed by atoms with Crippen molar-refractivity contribution in [3.63, 3.8) is 0 Å². The molecule has 1 aromatic rings. The van der Waals surface area contributed by atoms with Crippen molar-refractivity contribution in [3.05, 3.63) is 29.8 Å². The molecule has 1 aliphatic heterocycles. The monoisotopic (exact) mass is 311 g/mol. The average molecular weight is 311 g/mol. The summed E-state index contributed by atoms with van der Waals surface area (Å²) in [6.07, 6.45) is 3.75. The van der Waals surface area contributed by atoms with Crippen LogP contribution in [0.25, 0.3) is 0 Å². The number of hydrogen-bond acceptors (Lipinski definition) is 4. The molecule has 7 heteroatoms. The first-order valence-corrected chi connectivity index (χ1v) is 8.64. The highest BCUT2D eigenvalue weighted by molar-refractivity contribution is 7.89. The van der Waals surface area contributed by atoms with Crippen molar-refractivity contribution in [3.8, 4) is 0 Å². The maximum absolute atomic E-state index is 11.9. The zero-order chi connectivity index (χ0) is 15.3. The normalized spacial score (nSPS) is 19.2. The Hall–Kier alpha value is -1.44. The second-order valence-electron chi connectivity index (χ2n) is 5.23. The lowest BCUT2D eigenvalue weighted by Crippen LogP contribution is -2.47. The first-order valence-electron chi connectivity index (χ1n) is 7.09. The number of benzene rings is 1. The summed E-state index contributed by atoms with van der Waals surface area (Å²) in [5.41, 5.74) is 0.958. The molecule has 1 atom stereocenters.